The van der Waals surface area contributed by atoms with Crippen LogP contribution in [-0.2, 0) is 6.54 Å². The number of hydrogen-bond acceptors (Lipinski definition) is 3. The second-order valence-corrected chi connectivity index (χ2v) is 7.51. The van der Waals surface area contributed by atoms with E-state index in [1.165, 1.54) is 0 Å². The summed E-state index contributed by atoms with van der Waals surface area (Å²) in [6.07, 6.45) is 2.05. The number of methoxy groups -OCH3 is 2. The summed E-state index contributed by atoms with van der Waals surface area (Å²) in [7, 11) is 3.28. The quantitative estimate of drug-likeness (QED) is 0.916. The molecule has 2 amide bonds. The van der Waals surface area contributed by atoms with Gasteiger partial charge in [0, 0.05) is 36.1 Å². The minimum atomic E-state index is -0.306. The predicted molar refractivity (Wildman–Crippen MR) is 101 cm³/mol. The van der Waals surface area contributed by atoms with E-state index in [1.807, 2.05) is 56.1 Å². The SMILES string of the molecule is COc1ccc(OC)c([C@@H]2c3cccn3CCN2C(=O)NC(C)(C)C)c1. The first-order valence-corrected chi connectivity index (χ1v) is 8.80. The maximum absolute atomic E-state index is 13.0. The van der Waals surface area contributed by atoms with E-state index >= 15 is 0 Å². The Morgan fingerprint density at radius 2 is 1.92 bits per heavy atom. The molecule has 0 radical (unpaired) electrons. The average Bonchev–Trinajstić information content (AvgIpc) is 3.07. The predicted octanol–water partition coefficient (Wildman–Crippen LogP) is 3.42. The van der Waals surface area contributed by atoms with Gasteiger partial charge in [-0.25, -0.2) is 4.79 Å². The number of urea groups is 1. The summed E-state index contributed by atoms with van der Waals surface area (Å²) in [4.78, 5) is 14.9. The lowest BCUT2D eigenvalue weighted by Crippen LogP contribution is -2.52. The number of benzene rings is 1. The van der Waals surface area contributed by atoms with Crippen molar-refractivity contribution >= 4 is 6.03 Å². The molecule has 1 aliphatic heterocycles. The number of carbonyl (C=O) groups excluding carboxylic acids is 1. The van der Waals surface area contributed by atoms with E-state index in [-0.39, 0.29) is 17.6 Å². The Balaban J connectivity index is 2.09. The highest BCUT2D eigenvalue weighted by atomic mass is 16.5. The van der Waals surface area contributed by atoms with Crippen LogP contribution in [0.1, 0.15) is 38.1 Å². The van der Waals surface area contributed by atoms with Crippen LogP contribution in [0.5, 0.6) is 11.5 Å². The number of carbonyl (C=O) groups is 1. The summed E-state index contributed by atoms with van der Waals surface area (Å²) in [6, 6.07) is 9.44. The van der Waals surface area contributed by atoms with Crippen molar-refractivity contribution in [3.63, 3.8) is 0 Å². The zero-order valence-electron chi connectivity index (χ0n) is 16.1. The third kappa shape index (κ3) is 3.49. The topological polar surface area (TPSA) is 55.7 Å². The van der Waals surface area contributed by atoms with Gasteiger partial charge in [-0.1, -0.05) is 0 Å². The molecule has 0 fully saturated rings. The number of nitrogens with zero attached hydrogens (tertiary/aromatic N) is 2. The number of fused-ring (bicyclic) bond motifs is 1. The van der Waals surface area contributed by atoms with Crippen LogP contribution in [0.3, 0.4) is 0 Å². The molecule has 2 heterocycles. The first-order chi connectivity index (χ1) is 12.3. The summed E-state index contributed by atoms with van der Waals surface area (Å²) < 4.78 is 13.2. The van der Waals surface area contributed by atoms with E-state index < -0.39 is 0 Å². The summed E-state index contributed by atoms with van der Waals surface area (Å²) in [5, 5.41) is 3.08. The number of ether oxygens (including phenoxy) is 2. The molecule has 140 valence electrons. The highest BCUT2D eigenvalue weighted by Crippen LogP contribution is 2.39. The Morgan fingerprint density at radius 1 is 1.15 bits per heavy atom. The van der Waals surface area contributed by atoms with Crippen LogP contribution >= 0.6 is 0 Å². The lowest BCUT2D eigenvalue weighted by Gasteiger charge is -2.39. The van der Waals surface area contributed by atoms with Crippen molar-refractivity contribution in [3.05, 3.63) is 47.8 Å². The van der Waals surface area contributed by atoms with Crippen molar-refractivity contribution in [2.24, 2.45) is 0 Å². The zero-order chi connectivity index (χ0) is 18.9. The van der Waals surface area contributed by atoms with E-state index in [4.69, 9.17) is 9.47 Å². The third-order valence-corrected chi connectivity index (χ3v) is 4.51. The lowest BCUT2D eigenvalue weighted by molar-refractivity contribution is 0.159. The molecule has 0 saturated carbocycles. The Hall–Kier alpha value is -2.63. The maximum Gasteiger partial charge on any atom is 0.318 e. The smallest absolute Gasteiger partial charge is 0.318 e. The molecule has 26 heavy (non-hydrogen) atoms. The van der Waals surface area contributed by atoms with Crippen LogP contribution in [-0.4, -0.2) is 41.8 Å². The van der Waals surface area contributed by atoms with Gasteiger partial charge in [0.15, 0.2) is 0 Å². The molecule has 3 rings (SSSR count). The summed E-state index contributed by atoms with van der Waals surface area (Å²) in [6.45, 7) is 7.34. The van der Waals surface area contributed by atoms with E-state index in [1.54, 1.807) is 14.2 Å². The molecular weight excluding hydrogens is 330 g/mol. The summed E-state index contributed by atoms with van der Waals surface area (Å²) >= 11 is 0. The zero-order valence-corrected chi connectivity index (χ0v) is 16.1. The van der Waals surface area contributed by atoms with Crippen molar-refractivity contribution < 1.29 is 14.3 Å². The molecule has 1 N–H and O–H groups in total. The monoisotopic (exact) mass is 357 g/mol. The molecule has 6 nitrogen and oxygen atoms in total. The maximum atomic E-state index is 13.0. The van der Waals surface area contributed by atoms with Crippen LogP contribution in [0.2, 0.25) is 0 Å². The van der Waals surface area contributed by atoms with Crippen LogP contribution in [0.25, 0.3) is 0 Å². The van der Waals surface area contributed by atoms with E-state index in [9.17, 15) is 4.79 Å². The molecule has 0 saturated heterocycles. The first-order valence-electron chi connectivity index (χ1n) is 8.80. The molecule has 0 aliphatic carbocycles. The molecular formula is C20H27N3O3. The molecule has 0 bridgehead atoms. The standard InChI is InChI=1S/C20H27N3O3/c1-20(2,3)21-19(24)23-12-11-22-10-6-7-16(22)18(23)15-13-14(25-4)8-9-17(15)26-5/h6-10,13,18H,11-12H2,1-5H3,(H,21,24)/t18-/m1/s1. The molecule has 1 aromatic heterocycles. The fraction of sp³-hybridized carbons (Fsp3) is 0.450. The minimum absolute atomic E-state index is 0.0835. The van der Waals surface area contributed by atoms with Gasteiger partial charge in [-0.05, 0) is 51.1 Å². The molecule has 0 spiro atoms. The summed E-state index contributed by atoms with van der Waals surface area (Å²) in [5.41, 5.74) is 1.67. The Morgan fingerprint density at radius 3 is 2.58 bits per heavy atom. The average molecular weight is 357 g/mol. The highest BCUT2D eigenvalue weighted by molar-refractivity contribution is 5.76. The number of amides is 2. The highest BCUT2D eigenvalue weighted by Gasteiger charge is 2.35. The van der Waals surface area contributed by atoms with Gasteiger partial charge in [0.2, 0.25) is 0 Å². The van der Waals surface area contributed by atoms with Gasteiger partial charge in [-0.15, -0.1) is 0 Å². The van der Waals surface area contributed by atoms with Crippen molar-refractivity contribution in [2.75, 3.05) is 20.8 Å². The van der Waals surface area contributed by atoms with Crippen LogP contribution in [0, 0.1) is 0 Å². The van der Waals surface area contributed by atoms with Crippen molar-refractivity contribution in [2.45, 2.75) is 38.9 Å². The van der Waals surface area contributed by atoms with Crippen LogP contribution in [0.15, 0.2) is 36.5 Å². The van der Waals surface area contributed by atoms with E-state index in [0.29, 0.717) is 6.54 Å². The molecule has 1 aliphatic rings. The second-order valence-electron chi connectivity index (χ2n) is 7.51. The molecule has 1 aromatic carbocycles. The third-order valence-electron chi connectivity index (χ3n) is 4.51. The lowest BCUT2D eigenvalue weighted by atomic mass is 9.98. The molecule has 0 unspecified atom stereocenters. The molecule has 1 atom stereocenters. The number of hydrogen-bond donors (Lipinski definition) is 1. The normalized spacial score (nSPS) is 16.8. The molecule has 2 aromatic rings. The first kappa shape index (κ1) is 18.2. The molecule has 6 heteroatoms. The van der Waals surface area contributed by atoms with Crippen molar-refractivity contribution in [3.8, 4) is 11.5 Å². The Bertz CT molecular complexity index is 792. The van der Waals surface area contributed by atoms with Gasteiger partial charge < -0.3 is 24.3 Å². The largest absolute Gasteiger partial charge is 0.497 e. The van der Waals surface area contributed by atoms with Gasteiger partial charge in [-0.3, -0.25) is 0 Å². The Kier molecular flexibility index (Phi) is 4.85. The van der Waals surface area contributed by atoms with Crippen molar-refractivity contribution in [1.29, 1.82) is 0 Å². The van der Waals surface area contributed by atoms with Gasteiger partial charge in [0.1, 0.15) is 17.5 Å². The van der Waals surface area contributed by atoms with Gasteiger partial charge in [-0.2, -0.15) is 0 Å². The van der Waals surface area contributed by atoms with Crippen LogP contribution < -0.4 is 14.8 Å². The summed E-state index contributed by atoms with van der Waals surface area (Å²) in [5.74, 6) is 1.47. The fourth-order valence-electron chi connectivity index (χ4n) is 3.38. The van der Waals surface area contributed by atoms with Crippen LogP contribution in [0.4, 0.5) is 4.79 Å². The van der Waals surface area contributed by atoms with Crippen molar-refractivity contribution in [1.82, 2.24) is 14.8 Å². The number of aromatic nitrogens is 1. The second kappa shape index (κ2) is 6.94. The Labute approximate surface area is 154 Å². The number of rotatable bonds is 3. The minimum Gasteiger partial charge on any atom is -0.497 e. The van der Waals surface area contributed by atoms with Gasteiger partial charge in [0.05, 0.1) is 14.2 Å². The van der Waals surface area contributed by atoms with Gasteiger partial charge in [0.25, 0.3) is 0 Å². The van der Waals surface area contributed by atoms with E-state index in [2.05, 4.69) is 16.0 Å². The fourth-order valence-corrected chi connectivity index (χ4v) is 3.38. The number of nitrogens with one attached hydrogen (secondary N) is 1. The van der Waals surface area contributed by atoms with Gasteiger partial charge >= 0.3 is 6.03 Å². The van der Waals surface area contributed by atoms with E-state index in [0.717, 1.165) is 29.3 Å².